The molecule has 1 aliphatic heterocycles. The van der Waals surface area contributed by atoms with Gasteiger partial charge in [0.2, 0.25) is 10.0 Å². The van der Waals surface area contributed by atoms with Gasteiger partial charge in [-0.15, -0.1) is 0 Å². The van der Waals surface area contributed by atoms with E-state index in [1.54, 1.807) is 4.31 Å². The number of rotatable bonds is 3. The summed E-state index contributed by atoms with van der Waals surface area (Å²) in [6.07, 6.45) is 5.81. The minimum Gasteiger partial charge on any atom is -0.326 e. The van der Waals surface area contributed by atoms with E-state index < -0.39 is 10.0 Å². The van der Waals surface area contributed by atoms with Crippen molar-refractivity contribution in [3.63, 3.8) is 0 Å². The molecule has 14 heavy (non-hydrogen) atoms. The highest BCUT2D eigenvalue weighted by Crippen LogP contribution is 2.35. The summed E-state index contributed by atoms with van der Waals surface area (Å²) in [4.78, 5) is 0. The molecule has 0 spiro atoms. The molecule has 0 aromatic rings. The van der Waals surface area contributed by atoms with Crippen LogP contribution in [0.1, 0.15) is 25.7 Å². The molecule has 1 heterocycles. The fourth-order valence-corrected chi connectivity index (χ4v) is 3.49. The van der Waals surface area contributed by atoms with Gasteiger partial charge in [-0.2, -0.15) is 4.31 Å². The monoisotopic (exact) mass is 218 g/mol. The zero-order valence-electron chi connectivity index (χ0n) is 8.52. The van der Waals surface area contributed by atoms with Crippen molar-refractivity contribution in [1.29, 1.82) is 0 Å². The van der Waals surface area contributed by atoms with Gasteiger partial charge in [-0.05, 0) is 25.2 Å². The van der Waals surface area contributed by atoms with Crippen LogP contribution in [0.15, 0.2) is 0 Å². The number of nitrogens with two attached hydrogens (primary N) is 1. The first-order chi connectivity index (χ1) is 6.50. The van der Waals surface area contributed by atoms with E-state index in [0.29, 0.717) is 12.5 Å². The van der Waals surface area contributed by atoms with Crippen LogP contribution in [0.5, 0.6) is 0 Å². The second kappa shape index (κ2) is 3.47. The molecule has 2 N–H and O–H groups in total. The summed E-state index contributed by atoms with van der Waals surface area (Å²) in [5.74, 6) is 0.560. The van der Waals surface area contributed by atoms with E-state index >= 15 is 0 Å². The molecule has 0 aromatic carbocycles. The van der Waals surface area contributed by atoms with Crippen molar-refractivity contribution in [2.24, 2.45) is 11.7 Å². The summed E-state index contributed by atoms with van der Waals surface area (Å²) in [6, 6.07) is 0.141. The molecule has 0 radical (unpaired) electrons. The molecule has 0 amide bonds. The highest BCUT2D eigenvalue weighted by atomic mass is 32.2. The van der Waals surface area contributed by atoms with Gasteiger partial charge < -0.3 is 5.73 Å². The standard InChI is InChI=1S/C9H18N2O2S/c1-14(12,13)11-6-5-8(11)9(10)7-3-2-4-7/h7-9H,2-6,10H2,1H3. The van der Waals surface area contributed by atoms with Crippen molar-refractivity contribution in [2.75, 3.05) is 12.8 Å². The summed E-state index contributed by atoms with van der Waals surface area (Å²) in [6.45, 7) is 0.657. The van der Waals surface area contributed by atoms with Gasteiger partial charge in [0.15, 0.2) is 0 Å². The van der Waals surface area contributed by atoms with Crippen LogP contribution in [0.3, 0.4) is 0 Å². The van der Waals surface area contributed by atoms with Crippen molar-refractivity contribution in [2.45, 2.75) is 37.8 Å². The fourth-order valence-electron chi connectivity index (χ4n) is 2.32. The minimum atomic E-state index is -3.02. The first kappa shape index (κ1) is 10.4. The summed E-state index contributed by atoms with van der Waals surface area (Å²) >= 11 is 0. The lowest BCUT2D eigenvalue weighted by Crippen LogP contribution is -2.61. The third-order valence-electron chi connectivity index (χ3n) is 3.58. The minimum absolute atomic E-state index is 0.0622. The lowest BCUT2D eigenvalue weighted by Gasteiger charge is -2.46. The maximum absolute atomic E-state index is 11.3. The van der Waals surface area contributed by atoms with Crippen LogP contribution in [0.25, 0.3) is 0 Å². The molecule has 0 bridgehead atoms. The molecule has 0 aromatic heterocycles. The second-order valence-electron chi connectivity index (χ2n) is 4.50. The van der Waals surface area contributed by atoms with E-state index in [-0.39, 0.29) is 12.1 Å². The zero-order valence-corrected chi connectivity index (χ0v) is 9.33. The van der Waals surface area contributed by atoms with Gasteiger partial charge in [0.25, 0.3) is 0 Å². The molecule has 1 saturated carbocycles. The average Bonchev–Trinajstić information content (AvgIpc) is 1.73. The van der Waals surface area contributed by atoms with Crippen LogP contribution in [-0.2, 0) is 10.0 Å². The number of nitrogens with zero attached hydrogens (tertiary/aromatic N) is 1. The van der Waals surface area contributed by atoms with Crippen molar-refractivity contribution >= 4 is 10.0 Å². The Balaban J connectivity index is 1.98. The quantitative estimate of drug-likeness (QED) is 0.733. The number of sulfonamides is 1. The molecule has 2 unspecified atom stereocenters. The smallest absolute Gasteiger partial charge is 0.211 e. The van der Waals surface area contributed by atoms with E-state index in [0.717, 1.165) is 6.42 Å². The Morgan fingerprint density at radius 2 is 2.00 bits per heavy atom. The topological polar surface area (TPSA) is 63.4 Å². The second-order valence-corrected chi connectivity index (χ2v) is 6.43. The highest BCUT2D eigenvalue weighted by molar-refractivity contribution is 7.88. The SMILES string of the molecule is CS(=O)(=O)N1CCC1C(N)C1CCC1. The van der Waals surface area contributed by atoms with Crippen molar-refractivity contribution in [3.05, 3.63) is 0 Å². The van der Waals surface area contributed by atoms with Crippen LogP contribution < -0.4 is 5.73 Å². The van der Waals surface area contributed by atoms with Gasteiger partial charge in [-0.1, -0.05) is 6.42 Å². The normalized spacial score (nSPS) is 32.0. The van der Waals surface area contributed by atoms with Crippen molar-refractivity contribution < 1.29 is 8.42 Å². The lowest BCUT2D eigenvalue weighted by atomic mass is 9.75. The third kappa shape index (κ3) is 1.68. The van der Waals surface area contributed by atoms with Crippen molar-refractivity contribution in [3.8, 4) is 0 Å². The van der Waals surface area contributed by atoms with E-state index in [1.165, 1.54) is 25.5 Å². The Morgan fingerprint density at radius 3 is 2.29 bits per heavy atom. The number of hydrogen-bond donors (Lipinski definition) is 1. The summed E-state index contributed by atoms with van der Waals surface area (Å²) in [5, 5.41) is 0. The summed E-state index contributed by atoms with van der Waals surface area (Å²) in [7, 11) is -3.02. The van der Waals surface area contributed by atoms with E-state index in [2.05, 4.69) is 0 Å². The lowest BCUT2D eigenvalue weighted by molar-refractivity contribution is 0.111. The molecule has 1 saturated heterocycles. The van der Waals surface area contributed by atoms with Crippen LogP contribution in [-0.4, -0.2) is 37.6 Å². The average molecular weight is 218 g/mol. The Bertz CT molecular complexity index is 311. The Labute approximate surface area is 85.5 Å². The highest BCUT2D eigenvalue weighted by Gasteiger charge is 2.42. The third-order valence-corrected chi connectivity index (χ3v) is 4.88. The first-order valence-corrected chi connectivity index (χ1v) is 7.07. The van der Waals surface area contributed by atoms with Crippen LogP contribution >= 0.6 is 0 Å². The largest absolute Gasteiger partial charge is 0.326 e. The van der Waals surface area contributed by atoms with Gasteiger partial charge in [-0.3, -0.25) is 0 Å². The molecule has 2 fully saturated rings. The Hall–Kier alpha value is -0.130. The summed E-state index contributed by atoms with van der Waals surface area (Å²) < 4.78 is 24.2. The fraction of sp³-hybridized carbons (Fsp3) is 1.00. The van der Waals surface area contributed by atoms with Crippen LogP contribution in [0.4, 0.5) is 0 Å². The molecule has 2 aliphatic rings. The molecule has 2 rings (SSSR count). The first-order valence-electron chi connectivity index (χ1n) is 5.22. The molecule has 4 nitrogen and oxygen atoms in total. The predicted molar refractivity (Wildman–Crippen MR) is 55.3 cm³/mol. The van der Waals surface area contributed by atoms with E-state index in [9.17, 15) is 8.42 Å². The molecule has 1 aliphatic carbocycles. The molecule has 5 heteroatoms. The van der Waals surface area contributed by atoms with Crippen LogP contribution in [0.2, 0.25) is 0 Å². The van der Waals surface area contributed by atoms with Gasteiger partial charge in [0.1, 0.15) is 0 Å². The maximum Gasteiger partial charge on any atom is 0.211 e. The van der Waals surface area contributed by atoms with Gasteiger partial charge >= 0.3 is 0 Å². The molecule has 82 valence electrons. The van der Waals surface area contributed by atoms with Crippen LogP contribution in [0, 0.1) is 5.92 Å². The Kier molecular flexibility index (Phi) is 2.57. The van der Waals surface area contributed by atoms with Gasteiger partial charge in [0, 0.05) is 18.6 Å². The molecular weight excluding hydrogens is 200 g/mol. The predicted octanol–water partition coefficient (Wildman–Crippen LogP) is 0.148. The molecule has 2 atom stereocenters. The maximum atomic E-state index is 11.3. The van der Waals surface area contributed by atoms with E-state index in [1.807, 2.05) is 0 Å². The van der Waals surface area contributed by atoms with E-state index in [4.69, 9.17) is 5.73 Å². The summed E-state index contributed by atoms with van der Waals surface area (Å²) in [5.41, 5.74) is 6.07. The van der Waals surface area contributed by atoms with Crippen molar-refractivity contribution in [1.82, 2.24) is 4.31 Å². The number of hydrogen-bond acceptors (Lipinski definition) is 3. The van der Waals surface area contributed by atoms with Gasteiger partial charge in [-0.25, -0.2) is 8.42 Å². The van der Waals surface area contributed by atoms with Gasteiger partial charge in [0.05, 0.1) is 6.26 Å². The zero-order chi connectivity index (χ0) is 10.3. The molecular formula is C9H18N2O2S. The Morgan fingerprint density at radius 1 is 1.36 bits per heavy atom.